The van der Waals surface area contributed by atoms with E-state index in [9.17, 15) is 4.79 Å². The van der Waals surface area contributed by atoms with Gasteiger partial charge in [-0.2, -0.15) is 0 Å². The maximum Gasteiger partial charge on any atom is 0.229 e. The van der Waals surface area contributed by atoms with Gasteiger partial charge in [0.1, 0.15) is 0 Å². The molecule has 0 spiro atoms. The molecular weight excluding hydrogens is 266 g/mol. The van der Waals surface area contributed by atoms with E-state index in [1.165, 1.54) is 12.8 Å². The smallest absolute Gasteiger partial charge is 0.229 e. The molecule has 0 radical (unpaired) electrons. The third-order valence-corrected chi connectivity index (χ3v) is 5.51. The Morgan fingerprint density at radius 1 is 1.24 bits per heavy atom. The highest BCUT2D eigenvalue weighted by molar-refractivity contribution is 5.80. The van der Waals surface area contributed by atoms with E-state index < -0.39 is 0 Å². The Kier molecular flexibility index (Phi) is 4.82. The molecule has 2 bridgehead atoms. The van der Waals surface area contributed by atoms with Crippen LogP contribution in [0.15, 0.2) is 0 Å². The van der Waals surface area contributed by atoms with Gasteiger partial charge in [-0.15, -0.1) is 0 Å². The number of hydrogen-bond donors (Lipinski definition) is 1. The first-order valence-corrected chi connectivity index (χ1v) is 8.52. The Hall–Kier alpha value is -0.650. The Morgan fingerprint density at radius 2 is 2.05 bits per heavy atom. The standard InChI is InChI=1S/C16H29N3O2/c1-3-7-17-15-11-21-10-14(15)16(20)19-8-6-12-4-5-13(9-19)18(12)2/h12-15,17H,3-11H2,1-2H3. The van der Waals surface area contributed by atoms with Crippen molar-refractivity contribution in [2.45, 2.75) is 50.7 Å². The summed E-state index contributed by atoms with van der Waals surface area (Å²) < 4.78 is 5.57. The third kappa shape index (κ3) is 3.10. The molecule has 0 aromatic heterocycles. The number of fused-ring (bicyclic) bond motifs is 2. The van der Waals surface area contributed by atoms with Crippen molar-refractivity contribution in [3.05, 3.63) is 0 Å². The highest BCUT2D eigenvalue weighted by atomic mass is 16.5. The highest BCUT2D eigenvalue weighted by Gasteiger charge is 2.40. The number of ether oxygens (including phenoxy) is 1. The molecule has 4 atom stereocenters. The van der Waals surface area contributed by atoms with E-state index in [0.717, 1.165) is 32.5 Å². The van der Waals surface area contributed by atoms with Gasteiger partial charge in [0, 0.05) is 31.2 Å². The number of likely N-dealkylation sites (tertiary alicyclic amines) is 1. The summed E-state index contributed by atoms with van der Waals surface area (Å²) in [7, 11) is 2.22. The second-order valence-electron chi connectivity index (χ2n) is 6.83. The summed E-state index contributed by atoms with van der Waals surface area (Å²) in [5.41, 5.74) is 0. The molecule has 5 nitrogen and oxygen atoms in total. The van der Waals surface area contributed by atoms with E-state index in [1.54, 1.807) is 0 Å². The predicted octanol–water partition coefficient (Wildman–Crippen LogP) is 0.696. The van der Waals surface area contributed by atoms with Crippen LogP contribution in [0.25, 0.3) is 0 Å². The zero-order valence-corrected chi connectivity index (χ0v) is 13.4. The Balaban J connectivity index is 1.62. The molecule has 21 heavy (non-hydrogen) atoms. The van der Waals surface area contributed by atoms with Crippen molar-refractivity contribution in [3.63, 3.8) is 0 Å². The molecule has 0 aliphatic carbocycles. The summed E-state index contributed by atoms with van der Waals surface area (Å²) in [4.78, 5) is 17.5. The quantitative estimate of drug-likeness (QED) is 0.829. The first kappa shape index (κ1) is 15.3. The Morgan fingerprint density at radius 3 is 2.86 bits per heavy atom. The number of carbonyl (C=O) groups is 1. The number of hydrogen-bond acceptors (Lipinski definition) is 4. The van der Waals surface area contributed by atoms with Crippen molar-refractivity contribution in [2.75, 3.05) is 39.9 Å². The molecule has 3 aliphatic rings. The molecule has 3 aliphatic heterocycles. The fraction of sp³-hybridized carbons (Fsp3) is 0.938. The molecule has 0 aromatic rings. The zero-order valence-electron chi connectivity index (χ0n) is 13.4. The van der Waals surface area contributed by atoms with Gasteiger partial charge in [0.25, 0.3) is 0 Å². The van der Waals surface area contributed by atoms with Crippen molar-refractivity contribution < 1.29 is 9.53 Å². The molecule has 1 N–H and O–H groups in total. The monoisotopic (exact) mass is 295 g/mol. The molecule has 0 aromatic carbocycles. The topological polar surface area (TPSA) is 44.8 Å². The average Bonchev–Trinajstić information content (AvgIpc) is 3.01. The zero-order chi connectivity index (χ0) is 14.8. The molecule has 5 heteroatoms. The summed E-state index contributed by atoms with van der Waals surface area (Å²) in [6.07, 6.45) is 4.76. The SMILES string of the molecule is CCCNC1COCC1C(=O)N1CCC2CCC(C1)N2C. The lowest BCUT2D eigenvalue weighted by Gasteiger charge is -2.29. The van der Waals surface area contributed by atoms with Gasteiger partial charge < -0.3 is 15.0 Å². The van der Waals surface area contributed by atoms with Crippen LogP contribution in [0.5, 0.6) is 0 Å². The summed E-state index contributed by atoms with van der Waals surface area (Å²) >= 11 is 0. The maximum atomic E-state index is 12.9. The van der Waals surface area contributed by atoms with Gasteiger partial charge in [0.15, 0.2) is 0 Å². The van der Waals surface area contributed by atoms with Crippen LogP contribution < -0.4 is 5.32 Å². The molecule has 0 saturated carbocycles. The van der Waals surface area contributed by atoms with Crippen LogP contribution in [0.4, 0.5) is 0 Å². The highest BCUT2D eigenvalue weighted by Crippen LogP contribution is 2.29. The maximum absolute atomic E-state index is 12.9. The molecule has 3 saturated heterocycles. The van der Waals surface area contributed by atoms with Crippen LogP contribution in [0.2, 0.25) is 0 Å². The van der Waals surface area contributed by atoms with Gasteiger partial charge in [0.2, 0.25) is 5.91 Å². The molecule has 3 rings (SSSR count). The lowest BCUT2D eigenvalue weighted by atomic mass is 10.00. The molecule has 120 valence electrons. The first-order chi connectivity index (χ1) is 10.2. The van der Waals surface area contributed by atoms with Crippen molar-refractivity contribution in [1.82, 2.24) is 15.1 Å². The van der Waals surface area contributed by atoms with Gasteiger partial charge in [-0.25, -0.2) is 0 Å². The average molecular weight is 295 g/mol. The Bertz CT molecular complexity index is 377. The summed E-state index contributed by atoms with van der Waals surface area (Å²) in [5.74, 6) is 0.320. The van der Waals surface area contributed by atoms with E-state index in [4.69, 9.17) is 4.74 Å². The summed E-state index contributed by atoms with van der Waals surface area (Å²) in [6.45, 7) is 6.20. The van der Waals surface area contributed by atoms with Crippen LogP contribution in [0.1, 0.15) is 32.6 Å². The van der Waals surface area contributed by atoms with E-state index in [2.05, 4.69) is 29.1 Å². The first-order valence-electron chi connectivity index (χ1n) is 8.52. The minimum Gasteiger partial charge on any atom is -0.379 e. The second-order valence-corrected chi connectivity index (χ2v) is 6.83. The fourth-order valence-corrected chi connectivity index (χ4v) is 4.07. The van der Waals surface area contributed by atoms with Crippen LogP contribution >= 0.6 is 0 Å². The van der Waals surface area contributed by atoms with Crippen LogP contribution in [0.3, 0.4) is 0 Å². The molecule has 3 fully saturated rings. The molecule has 4 unspecified atom stereocenters. The van der Waals surface area contributed by atoms with Crippen LogP contribution in [0, 0.1) is 5.92 Å². The van der Waals surface area contributed by atoms with Gasteiger partial charge in [-0.05, 0) is 39.3 Å². The molecule has 3 heterocycles. The summed E-state index contributed by atoms with van der Waals surface area (Å²) in [5, 5.41) is 3.48. The minimum absolute atomic E-state index is 0.0125. The number of rotatable bonds is 4. The van der Waals surface area contributed by atoms with Crippen molar-refractivity contribution in [2.24, 2.45) is 5.92 Å². The number of nitrogens with one attached hydrogen (secondary N) is 1. The number of likely N-dealkylation sites (N-methyl/N-ethyl adjacent to an activating group) is 1. The molecular formula is C16H29N3O2. The lowest BCUT2D eigenvalue weighted by molar-refractivity contribution is -0.136. The van der Waals surface area contributed by atoms with Crippen molar-refractivity contribution in [3.8, 4) is 0 Å². The second kappa shape index (κ2) is 6.63. The van der Waals surface area contributed by atoms with Crippen LogP contribution in [-0.4, -0.2) is 73.7 Å². The van der Waals surface area contributed by atoms with Gasteiger partial charge in [-0.3, -0.25) is 9.69 Å². The van der Waals surface area contributed by atoms with Gasteiger partial charge >= 0.3 is 0 Å². The fourth-order valence-electron chi connectivity index (χ4n) is 4.07. The number of carbonyl (C=O) groups excluding carboxylic acids is 1. The Labute approximate surface area is 128 Å². The van der Waals surface area contributed by atoms with E-state index in [1.807, 2.05) is 0 Å². The van der Waals surface area contributed by atoms with Crippen molar-refractivity contribution in [1.29, 1.82) is 0 Å². The van der Waals surface area contributed by atoms with Crippen LogP contribution in [-0.2, 0) is 9.53 Å². The lowest BCUT2D eigenvalue weighted by Crippen LogP contribution is -2.48. The molecule has 1 amide bonds. The predicted molar refractivity (Wildman–Crippen MR) is 82.2 cm³/mol. The number of amides is 1. The normalized spacial score (nSPS) is 37.0. The summed E-state index contributed by atoms with van der Waals surface area (Å²) in [6, 6.07) is 1.45. The largest absolute Gasteiger partial charge is 0.379 e. The number of nitrogens with zero attached hydrogens (tertiary/aromatic N) is 2. The van der Waals surface area contributed by atoms with E-state index in [0.29, 0.717) is 31.2 Å². The van der Waals surface area contributed by atoms with E-state index >= 15 is 0 Å². The van der Waals surface area contributed by atoms with Gasteiger partial charge in [0.05, 0.1) is 19.1 Å². The van der Waals surface area contributed by atoms with Crippen molar-refractivity contribution >= 4 is 5.91 Å². The minimum atomic E-state index is 0.0125. The van der Waals surface area contributed by atoms with Gasteiger partial charge in [-0.1, -0.05) is 6.92 Å². The third-order valence-electron chi connectivity index (χ3n) is 5.51. The van der Waals surface area contributed by atoms with E-state index in [-0.39, 0.29) is 12.0 Å².